The Labute approximate surface area is 227 Å². The van der Waals surface area contributed by atoms with Crippen molar-refractivity contribution in [2.24, 2.45) is 0 Å². The molecule has 1 atom stereocenters. The number of para-hydroxylation sites is 2. The maximum absolute atomic E-state index is 11.7. The summed E-state index contributed by atoms with van der Waals surface area (Å²) in [5, 5.41) is 0. The summed E-state index contributed by atoms with van der Waals surface area (Å²) in [7, 11) is 0. The normalized spacial score (nSPS) is 11.4. The zero-order chi connectivity index (χ0) is 28.9. The Kier molecular flexibility index (Phi) is 13.1. The Morgan fingerprint density at radius 2 is 1.21 bits per heavy atom. The molecule has 11 heteroatoms. The monoisotopic (exact) mass is 552 g/mol. The van der Waals surface area contributed by atoms with Gasteiger partial charge in [0, 0.05) is 0 Å². The number of carbonyl (C=O) groups is 4. The summed E-state index contributed by atoms with van der Waals surface area (Å²) in [6.07, 6.45) is -2.54. The lowest BCUT2D eigenvalue weighted by atomic mass is 10.2. The molecule has 0 aliphatic carbocycles. The number of hydrogen-bond donors (Lipinski definition) is 0. The molecule has 0 aliphatic rings. The third kappa shape index (κ3) is 13.0. The Hall–Kier alpha value is -3.79. The third-order valence-electron chi connectivity index (χ3n) is 3.85. The average molecular weight is 553 g/mol. The molecule has 38 heavy (non-hydrogen) atoms. The Balaban J connectivity index is 0.000000415. The van der Waals surface area contributed by atoms with Crippen molar-refractivity contribution < 1.29 is 47.6 Å². The van der Waals surface area contributed by atoms with Crippen LogP contribution in [0.5, 0.6) is 11.5 Å². The van der Waals surface area contributed by atoms with Gasteiger partial charge in [0.2, 0.25) is 5.56 Å². The van der Waals surface area contributed by atoms with E-state index < -0.39 is 29.6 Å². The van der Waals surface area contributed by atoms with Crippen molar-refractivity contribution >= 4 is 36.4 Å². The van der Waals surface area contributed by atoms with Crippen molar-refractivity contribution in [1.29, 1.82) is 0 Å². The first-order valence-electron chi connectivity index (χ1n) is 11.7. The van der Waals surface area contributed by atoms with Crippen LogP contribution in [0.15, 0.2) is 48.5 Å². The standard InChI is InChI=1S/C16H21ClO6.C11H12O4/c1-10(2)20-14(18)21-12-9-7-6-8-11(12)13(17)22-15(19)23-16(3,4)5;1-8(2)14-11(13)15-10-6-4-3-5-9(10)7-12/h6-10,13H,1-5H3;3-8H,1-2H3. The van der Waals surface area contributed by atoms with Crippen molar-refractivity contribution in [3.8, 4) is 11.5 Å². The smallest absolute Gasteiger partial charge is 0.431 e. The van der Waals surface area contributed by atoms with Gasteiger partial charge in [-0.05, 0) is 66.7 Å². The maximum Gasteiger partial charge on any atom is 0.514 e. The zero-order valence-electron chi connectivity index (χ0n) is 22.4. The van der Waals surface area contributed by atoms with Gasteiger partial charge in [-0.2, -0.15) is 0 Å². The van der Waals surface area contributed by atoms with E-state index in [9.17, 15) is 19.2 Å². The highest BCUT2D eigenvalue weighted by molar-refractivity contribution is 6.20. The number of alkyl halides is 1. The molecule has 0 bridgehead atoms. The molecule has 0 amide bonds. The quantitative estimate of drug-likeness (QED) is 0.114. The number of hydrogen-bond acceptors (Lipinski definition) is 10. The lowest BCUT2D eigenvalue weighted by molar-refractivity contribution is -0.0137. The van der Waals surface area contributed by atoms with Crippen LogP contribution >= 0.6 is 11.6 Å². The molecule has 0 saturated heterocycles. The maximum atomic E-state index is 11.7. The van der Waals surface area contributed by atoms with Gasteiger partial charge in [-0.15, -0.1) is 0 Å². The van der Waals surface area contributed by atoms with E-state index in [4.69, 9.17) is 40.0 Å². The summed E-state index contributed by atoms with van der Waals surface area (Å²) in [6, 6.07) is 12.9. The van der Waals surface area contributed by atoms with Crippen molar-refractivity contribution in [2.45, 2.75) is 71.8 Å². The van der Waals surface area contributed by atoms with Gasteiger partial charge in [0.1, 0.15) is 17.1 Å². The zero-order valence-corrected chi connectivity index (χ0v) is 23.1. The topological polar surface area (TPSA) is 124 Å². The van der Waals surface area contributed by atoms with Crippen molar-refractivity contribution in [3.63, 3.8) is 0 Å². The molecule has 0 N–H and O–H groups in total. The van der Waals surface area contributed by atoms with Gasteiger partial charge in [0.05, 0.1) is 23.3 Å². The van der Waals surface area contributed by atoms with Gasteiger partial charge in [-0.1, -0.05) is 41.9 Å². The molecule has 0 heterocycles. The van der Waals surface area contributed by atoms with Crippen LogP contribution in [-0.2, 0) is 18.9 Å². The lowest BCUT2D eigenvalue weighted by Gasteiger charge is -2.21. The van der Waals surface area contributed by atoms with Crippen LogP contribution in [0, 0.1) is 0 Å². The Morgan fingerprint density at radius 3 is 1.71 bits per heavy atom. The van der Waals surface area contributed by atoms with Gasteiger partial charge in [0.15, 0.2) is 6.29 Å². The van der Waals surface area contributed by atoms with Gasteiger partial charge < -0.3 is 28.4 Å². The second-order valence-electron chi connectivity index (χ2n) is 9.13. The number of carbonyl (C=O) groups excluding carboxylic acids is 4. The molecule has 2 aromatic carbocycles. The van der Waals surface area contributed by atoms with Gasteiger partial charge in [-0.3, -0.25) is 4.79 Å². The Bertz CT molecular complexity index is 1080. The fourth-order valence-corrected chi connectivity index (χ4v) is 2.72. The van der Waals surface area contributed by atoms with Crippen molar-refractivity contribution in [3.05, 3.63) is 59.7 Å². The van der Waals surface area contributed by atoms with Crippen LogP contribution in [0.3, 0.4) is 0 Å². The fraction of sp³-hybridized carbons (Fsp3) is 0.407. The van der Waals surface area contributed by atoms with E-state index in [0.29, 0.717) is 17.4 Å². The van der Waals surface area contributed by atoms with E-state index in [1.54, 1.807) is 84.9 Å². The summed E-state index contributed by atoms with van der Waals surface area (Å²) in [5.74, 6) is 0.347. The van der Waals surface area contributed by atoms with E-state index in [-0.39, 0.29) is 23.7 Å². The molecule has 0 aromatic heterocycles. The minimum Gasteiger partial charge on any atom is -0.431 e. The molecular formula is C27H33ClO10. The van der Waals surface area contributed by atoms with Gasteiger partial charge >= 0.3 is 18.5 Å². The molecule has 0 saturated carbocycles. The number of aldehydes is 1. The summed E-state index contributed by atoms with van der Waals surface area (Å²) < 4.78 is 29.6. The van der Waals surface area contributed by atoms with Gasteiger partial charge in [-0.25, -0.2) is 14.4 Å². The molecule has 0 fully saturated rings. The largest absolute Gasteiger partial charge is 0.514 e. The minimum absolute atomic E-state index is 0.140. The molecule has 0 aliphatic heterocycles. The highest BCUT2D eigenvalue weighted by Crippen LogP contribution is 2.31. The molecule has 10 nitrogen and oxygen atoms in total. The summed E-state index contributed by atoms with van der Waals surface area (Å²) >= 11 is 6.07. The van der Waals surface area contributed by atoms with E-state index in [1.165, 1.54) is 12.1 Å². The molecule has 0 spiro atoms. The second-order valence-corrected chi connectivity index (χ2v) is 9.53. The molecule has 208 valence electrons. The van der Waals surface area contributed by atoms with Crippen molar-refractivity contribution in [1.82, 2.24) is 0 Å². The minimum atomic E-state index is -1.17. The van der Waals surface area contributed by atoms with Gasteiger partial charge in [0.25, 0.3) is 0 Å². The van der Waals surface area contributed by atoms with E-state index in [1.807, 2.05) is 0 Å². The van der Waals surface area contributed by atoms with Crippen molar-refractivity contribution in [2.75, 3.05) is 0 Å². The first-order valence-corrected chi connectivity index (χ1v) is 12.1. The average Bonchev–Trinajstić information content (AvgIpc) is 2.77. The van der Waals surface area contributed by atoms with E-state index in [0.717, 1.165) is 0 Å². The summed E-state index contributed by atoms with van der Waals surface area (Å²) in [5.41, 5.74) is -1.25. The predicted molar refractivity (Wildman–Crippen MR) is 139 cm³/mol. The van der Waals surface area contributed by atoms with Crippen LogP contribution in [-0.4, -0.2) is 42.6 Å². The fourth-order valence-electron chi connectivity index (χ4n) is 2.47. The van der Waals surface area contributed by atoms with E-state index >= 15 is 0 Å². The van der Waals surface area contributed by atoms with E-state index in [2.05, 4.69) is 0 Å². The number of benzene rings is 2. The van der Waals surface area contributed by atoms with Crippen LogP contribution < -0.4 is 9.47 Å². The van der Waals surface area contributed by atoms with Crippen LogP contribution in [0.1, 0.15) is 70.0 Å². The first kappa shape index (κ1) is 32.2. The molecule has 2 rings (SSSR count). The predicted octanol–water partition coefficient (Wildman–Crippen LogP) is 7.22. The number of ether oxygens (including phenoxy) is 6. The second kappa shape index (κ2) is 15.5. The van der Waals surface area contributed by atoms with Crippen LogP contribution in [0.4, 0.5) is 14.4 Å². The lowest BCUT2D eigenvalue weighted by Crippen LogP contribution is -2.25. The van der Waals surface area contributed by atoms with Crippen LogP contribution in [0.2, 0.25) is 0 Å². The highest BCUT2D eigenvalue weighted by atomic mass is 35.5. The highest BCUT2D eigenvalue weighted by Gasteiger charge is 2.24. The molecular weight excluding hydrogens is 520 g/mol. The first-order chi connectivity index (χ1) is 17.7. The molecule has 2 aromatic rings. The number of rotatable bonds is 7. The van der Waals surface area contributed by atoms with Crippen LogP contribution in [0.25, 0.3) is 0 Å². The molecule has 0 radical (unpaired) electrons. The summed E-state index contributed by atoms with van der Waals surface area (Å²) in [6.45, 7) is 11.9. The summed E-state index contributed by atoms with van der Waals surface area (Å²) in [4.78, 5) is 45.0. The SMILES string of the molecule is CC(C)OC(=O)Oc1ccccc1C(Cl)OC(=O)OC(C)(C)C.CC(C)OC(=O)Oc1ccccc1C=O. The third-order valence-corrected chi connectivity index (χ3v) is 4.17. The Morgan fingerprint density at radius 1 is 0.737 bits per heavy atom. The number of halogens is 1. The molecule has 1 unspecified atom stereocenters.